The topological polar surface area (TPSA) is 69.9 Å². The first kappa shape index (κ1) is 11.0. The number of nitrogens with zero attached hydrogens (tertiary/aromatic N) is 4. The van der Waals surface area contributed by atoms with Gasteiger partial charge in [0, 0.05) is 0 Å². The second-order valence-corrected chi connectivity index (χ2v) is 4.11. The van der Waals surface area contributed by atoms with Gasteiger partial charge in [0.15, 0.2) is 0 Å². The van der Waals surface area contributed by atoms with Gasteiger partial charge in [-0.15, -0.1) is 10.2 Å². The van der Waals surface area contributed by atoms with Gasteiger partial charge in [-0.05, 0) is 6.92 Å². The summed E-state index contributed by atoms with van der Waals surface area (Å²) in [6.07, 6.45) is 3.06. The molecule has 0 bridgehead atoms. The maximum Gasteiger partial charge on any atom is 0.369 e. The lowest BCUT2D eigenvalue weighted by Gasteiger charge is -1.94. The third kappa shape index (κ3) is 2.20. The Morgan fingerprint density at radius 3 is 3.06 bits per heavy atom. The summed E-state index contributed by atoms with van der Waals surface area (Å²) in [6.45, 7) is 2.04. The molecule has 2 rings (SSSR count). The molecule has 0 radical (unpaired) electrons. The van der Waals surface area contributed by atoms with Crippen molar-refractivity contribution in [3.8, 4) is 5.13 Å². The number of rotatable bonds is 3. The molecule has 8 heteroatoms. The lowest BCUT2D eigenvalue weighted by molar-refractivity contribution is 0.0525. The van der Waals surface area contributed by atoms with Crippen molar-refractivity contribution in [2.45, 2.75) is 6.92 Å². The van der Waals surface area contributed by atoms with E-state index < -0.39 is 5.97 Å². The van der Waals surface area contributed by atoms with E-state index in [1.54, 1.807) is 13.1 Å². The molecule has 0 aromatic carbocycles. The van der Waals surface area contributed by atoms with E-state index >= 15 is 0 Å². The van der Waals surface area contributed by atoms with Gasteiger partial charge in [-0.3, -0.25) is 0 Å². The quantitative estimate of drug-likeness (QED) is 0.782. The fraction of sp³-hybridized carbons (Fsp3) is 0.250. The molecule has 0 aliphatic carbocycles. The summed E-state index contributed by atoms with van der Waals surface area (Å²) in [5.74, 6) is -0.482. The van der Waals surface area contributed by atoms with E-state index in [-0.39, 0.29) is 5.01 Å². The lowest BCUT2D eigenvalue weighted by atomic mass is 10.7. The Labute approximate surface area is 99.8 Å². The maximum absolute atomic E-state index is 11.3. The second-order valence-electron chi connectivity index (χ2n) is 2.71. The zero-order valence-corrected chi connectivity index (χ0v) is 9.83. The summed E-state index contributed by atoms with van der Waals surface area (Å²) in [4.78, 5) is 11.3. The molecule has 0 fully saturated rings. The highest BCUT2D eigenvalue weighted by Gasteiger charge is 2.14. The van der Waals surface area contributed by atoms with Crippen LogP contribution in [0.15, 0.2) is 12.4 Å². The van der Waals surface area contributed by atoms with Crippen molar-refractivity contribution >= 4 is 28.9 Å². The molecule has 0 aliphatic rings. The molecule has 2 aromatic rings. The van der Waals surface area contributed by atoms with Gasteiger partial charge in [-0.2, -0.15) is 5.10 Å². The van der Waals surface area contributed by atoms with E-state index in [1.165, 1.54) is 10.9 Å². The predicted molar refractivity (Wildman–Crippen MR) is 58.0 cm³/mol. The van der Waals surface area contributed by atoms with Gasteiger partial charge in [0.25, 0.3) is 0 Å². The molecule has 0 amide bonds. The number of aromatic nitrogens is 4. The normalized spacial score (nSPS) is 10.4. The predicted octanol–water partition coefficient (Wildman–Crippen LogP) is 1.55. The van der Waals surface area contributed by atoms with Crippen LogP contribution in [-0.2, 0) is 4.74 Å². The summed E-state index contributed by atoms with van der Waals surface area (Å²) < 4.78 is 6.24. The van der Waals surface area contributed by atoms with Gasteiger partial charge in [0.1, 0.15) is 0 Å². The van der Waals surface area contributed by atoms with Crippen LogP contribution in [0.5, 0.6) is 0 Å². The first-order valence-corrected chi connectivity index (χ1v) is 5.61. The van der Waals surface area contributed by atoms with E-state index in [9.17, 15) is 4.79 Å². The average Bonchev–Trinajstić information content (AvgIpc) is 2.85. The number of hydrogen-bond acceptors (Lipinski definition) is 6. The minimum absolute atomic E-state index is 0.198. The molecule has 0 saturated carbocycles. The third-order valence-electron chi connectivity index (χ3n) is 1.61. The van der Waals surface area contributed by atoms with Gasteiger partial charge in [0.2, 0.25) is 10.1 Å². The van der Waals surface area contributed by atoms with E-state index in [1.807, 2.05) is 0 Å². The zero-order valence-electron chi connectivity index (χ0n) is 8.25. The van der Waals surface area contributed by atoms with Crippen molar-refractivity contribution < 1.29 is 9.53 Å². The van der Waals surface area contributed by atoms with Crippen molar-refractivity contribution in [3.05, 3.63) is 22.4 Å². The molecule has 0 unspecified atom stereocenters. The van der Waals surface area contributed by atoms with Crippen molar-refractivity contribution in [3.63, 3.8) is 0 Å². The number of carbonyl (C=O) groups is 1. The summed E-state index contributed by atoms with van der Waals surface area (Å²) in [5, 5.41) is 12.6. The molecular weight excluding hydrogens is 252 g/mol. The van der Waals surface area contributed by atoms with Crippen LogP contribution in [0.4, 0.5) is 0 Å². The Balaban J connectivity index is 2.22. The smallest absolute Gasteiger partial charge is 0.369 e. The SMILES string of the molecule is CCOC(=O)c1nnc(-n2cc(Cl)cn2)s1. The standard InChI is InChI=1S/C8H7ClN4O2S/c1-2-15-7(14)6-11-12-8(16-6)13-4-5(9)3-10-13/h3-4H,2H2,1H3. The summed E-state index contributed by atoms with van der Waals surface area (Å²) in [7, 11) is 0. The van der Waals surface area contributed by atoms with Crippen LogP contribution in [0, 0.1) is 0 Å². The lowest BCUT2D eigenvalue weighted by Crippen LogP contribution is -2.03. The van der Waals surface area contributed by atoms with Gasteiger partial charge < -0.3 is 4.74 Å². The first-order valence-electron chi connectivity index (χ1n) is 4.42. The zero-order chi connectivity index (χ0) is 11.5. The molecule has 6 nitrogen and oxygen atoms in total. The Morgan fingerprint density at radius 2 is 2.44 bits per heavy atom. The molecule has 0 spiro atoms. The number of halogens is 1. The molecule has 2 aromatic heterocycles. The highest BCUT2D eigenvalue weighted by molar-refractivity contribution is 7.15. The fourth-order valence-electron chi connectivity index (χ4n) is 0.989. The van der Waals surface area contributed by atoms with Crippen LogP contribution in [0.25, 0.3) is 5.13 Å². The Bertz CT molecular complexity index is 510. The number of carbonyl (C=O) groups excluding carboxylic acids is 1. The van der Waals surface area contributed by atoms with Crippen molar-refractivity contribution in [1.29, 1.82) is 0 Å². The molecular formula is C8H7ClN4O2S. The third-order valence-corrected chi connectivity index (χ3v) is 2.70. The highest BCUT2D eigenvalue weighted by atomic mass is 35.5. The monoisotopic (exact) mass is 258 g/mol. The van der Waals surface area contributed by atoms with E-state index in [4.69, 9.17) is 16.3 Å². The summed E-state index contributed by atoms with van der Waals surface area (Å²) in [5.41, 5.74) is 0. The van der Waals surface area contributed by atoms with Gasteiger partial charge >= 0.3 is 5.97 Å². The van der Waals surface area contributed by atoms with Gasteiger partial charge in [-0.1, -0.05) is 22.9 Å². The largest absolute Gasteiger partial charge is 0.461 e. The fourth-order valence-corrected chi connectivity index (χ4v) is 1.80. The number of ether oxygens (including phenoxy) is 1. The van der Waals surface area contributed by atoms with Crippen molar-refractivity contribution in [2.24, 2.45) is 0 Å². The van der Waals surface area contributed by atoms with Crippen molar-refractivity contribution in [2.75, 3.05) is 6.61 Å². The summed E-state index contributed by atoms with van der Waals surface area (Å²) >= 11 is 6.80. The second kappa shape index (κ2) is 4.58. The Morgan fingerprint density at radius 1 is 1.62 bits per heavy atom. The van der Waals surface area contributed by atoms with Crippen LogP contribution >= 0.6 is 22.9 Å². The van der Waals surface area contributed by atoms with Gasteiger partial charge in [0.05, 0.1) is 24.0 Å². The van der Waals surface area contributed by atoms with E-state index in [0.29, 0.717) is 16.8 Å². The molecule has 0 saturated heterocycles. The molecule has 0 N–H and O–H groups in total. The Kier molecular flexibility index (Phi) is 3.16. The molecule has 84 valence electrons. The average molecular weight is 259 g/mol. The number of hydrogen-bond donors (Lipinski definition) is 0. The van der Waals surface area contributed by atoms with Gasteiger partial charge in [-0.25, -0.2) is 9.48 Å². The van der Waals surface area contributed by atoms with Crippen molar-refractivity contribution in [1.82, 2.24) is 20.0 Å². The molecule has 0 aliphatic heterocycles. The van der Waals surface area contributed by atoms with Crippen LogP contribution < -0.4 is 0 Å². The minimum Gasteiger partial charge on any atom is -0.461 e. The van der Waals surface area contributed by atoms with Crippen LogP contribution in [0.3, 0.4) is 0 Å². The minimum atomic E-state index is -0.482. The molecule has 16 heavy (non-hydrogen) atoms. The van der Waals surface area contributed by atoms with Crippen LogP contribution in [-0.4, -0.2) is 32.6 Å². The van der Waals surface area contributed by atoms with Crippen LogP contribution in [0.1, 0.15) is 16.7 Å². The molecule has 0 atom stereocenters. The van der Waals surface area contributed by atoms with E-state index in [0.717, 1.165) is 11.3 Å². The first-order chi connectivity index (χ1) is 7.70. The summed E-state index contributed by atoms with van der Waals surface area (Å²) in [6, 6.07) is 0. The number of esters is 1. The maximum atomic E-state index is 11.3. The molecule has 2 heterocycles. The van der Waals surface area contributed by atoms with Crippen LogP contribution in [0.2, 0.25) is 5.02 Å². The highest BCUT2D eigenvalue weighted by Crippen LogP contribution is 2.16. The van der Waals surface area contributed by atoms with E-state index in [2.05, 4.69) is 15.3 Å². The Hall–Kier alpha value is -1.47.